The Balaban J connectivity index is 1.86. The first-order chi connectivity index (χ1) is 10.7. The predicted molar refractivity (Wildman–Crippen MR) is 92.6 cm³/mol. The molecule has 2 heteroatoms. The van der Waals surface area contributed by atoms with Crippen molar-refractivity contribution in [3.63, 3.8) is 0 Å². The van der Waals surface area contributed by atoms with Crippen LogP contribution in [0.4, 0.5) is 0 Å². The highest BCUT2D eigenvalue weighted by molar-refractivity contribution is 5.95. The molecule has 0 bridgehead atoms. The smallest absolute Gasteiger partial charge is 0.254 e. The van der Waals surface area contributed by atoms with Crippen LogP contribution in [0, 0.1) is 5.92 Å². The molecule has 0 radical (unpaired) electrons. The van der Waals surface area contributed by atoms with E-state index in [1.54, 1.807) is 6.08 Å². The van der Waals surface area contributed by atoms with E-state index in [-0.39, 0.29) is 5.91 Å². The maximum Gasteiger partial charge on any atom is 0.254 e. The first-order valence-electron chi connectivity index (χ1n) is 8.44. The summed E-state index contributed by atoms with van der Waals surface area (Å²) in [5.74, 6) is 0.910. The minimum Gasteiger partial charge on any atom is -0.335 e. The first kappa shape index (κ1) is 15.1. The lowest BCUT2D eigenvalue weighted by atomic mass is 9.78. The zero-order valence-corrected chi connectivity index (χ0v) is 13.3. The van der Waals surface area contributed by atoms with Crippen LogP contribution < -0.4 is 0 Å². The van der Waals surface area contributed by atoms with E-state index in [1.165, 1.54) is 32.1 Å². The Morgan fingerprint density at radius 2 is 1.77 bits per heavy atom. The number of benzene rings is 1. The van der Waals surface area contributed by atoms with Gasteiger partial charge in [-0.25, -0.2) is 0 Å². The van der Waals surface area contributed by atoms with E-state index in [1.807, 2.05) is 24.3 Å². The Morgan fingerprint density at radius 3 is 2.55 bits per heavy atom. The van der Waals surface area contributed by atoms with Crippen molar-refractivity contribution in [2.24, 2.45) is 5.92 Å². The number of nitrogens with zero attached hydrogens (tertiary/aromatic N) is 1. The van der Waals surface area contributed by atoms with Gasteiger partial charge < -0.3 is 4.90 Å². The number of rotatable bonds is 3. The Kier molecular flexibility index (Phi) is 4.47. The van der Waals surface area contributed by atoms with E-state index in [2.05, 4.69) is 18.1 Å². The van der Waals surface area contributed by atoms with E-state index < -0.39 is 0 Å². The second-order valence-electron chi connectivity index (χ2n) is 6.50. The van der Waals surface area contributed by atoms with Gasteiger partial charge in [-0.15, -0.1) is 0 Å². The average molecular weight is 295 g/mol. The quantitative estimate of drug-likeness (QED) is 0.786. The number of amides is 1. The molecule has 1 heterocycles. The van der Waals surface area contributed by atoms with Gasteiger partial charge in [-0.05, 0) is 54.9 Å². The molecule has 1 aromatic carbocycles. The summed E-state index contributed by atoms with van der Waals surface area (Å²) < 4.78 is 0. The summed E-state index contributed by atoms with van der Waals surface area (Å²) in [6.45, 7) is 8.57. The molecule has 2 aliphatic rings. The molecule has 2 nitrogen and oxygen atoms in total. The van der Waals surface area contributed by atoms with Crippen LogP contribution in [-0.2, 0) is 0 Å². The Bertz CT molecular complexity index is 587. The van der Waals surface area contributed by atoms with Gasteiger partial charge in [0.1, 0.15) is 0 Å². The van der Waals surface area contributed by atoms with Gasteiger partial charge in [0, 0.05) is 18.2 Å². The lowest BCUT2D eigenvalue weighted by molar-refractivity contribution is 0.0390. The molecular weight excluding hydrogens is 270 g/mol. The van der Waals surface area contributed by atoms with Crippen LogP contribution in [0.25, 0.3) is 12.2 Å². The van der Waals surface area contributed by atoms with Crippen molar-refractivity contribution in [3.05, 3.63) is 48.0 Å². The maximum atomic E-state index is 13.0. The topological polar surface area (TPSA) is 20.3 Å². The van der Waals surface area contributed by atoms with Crippen LogP contribution in [0.5, 0.6) is 0 Å². The highest BCUT2D eigenvalue weighted by Gasteiger charge is 2.35. The minimum atomic E-state index is 0.190. The van der Waals surface area contributed by atoms with Crippen molar-refractivity contribution in [3.8, 4) is 0 Å². The van der Waals surface area contributed by atoms with E-state index in [0.29, 0.717) is 6.04 Å². The summed E-state index contributed by atoms with van der Waals surface area (Å²) in [5, 5.41) is 0. The van der Waals surface area contributed by atoms with Crippen molar-refractivity contribution in [2.75, 3.05) is 6.54 Å². The van der Waals surface area contributed by atoms with Gasteiger partial charge in [0.25, 0.3) is 5.91 Å². The molecule has 1 saturated heterocycles. The fourth-order valence-corrected chi connectivity index (χ4v) is 4.11. The van der Waals surface area contributed by atoms with Gasteiger partial charge in [0.2, 0.25) is 0 Å². The van der Waals surface area contributed by atoms with Gasteiger partial charge in [-0.2, -0.15) is 0 Å². The Hall–Kier alpha value is -1.83. The lowest BCUT2D eigenvalue weighted by Crippen LogP contribution is -2.49. The standard InChI is InChI=1S/C20H25NO/c1-3-15-11-12-18(14-16(15)4-2)20(22)21-13-7-9-17-8-5-6-10-19(17)21/h3-4,11-12,14,17,19H,1-2,5-10,13H2/t17-,19?/m1/s1. The van der Waals surface area contributed by atoms with Crippen LogP contribution in [0.2, 0.25) is 0 Å². The minimum absolute atomic E-state index is 0.190. The third kappa shape index (κ3) is 2.75. The van der Waals surface area contributed by atoms with Crippen LogP contribution in [0.3, 0.4) is 0 Å². The summed E-state index contributed by atoms with van der Waals surface area (Å²) in [4.78, 5) is 15.1. The summed E-state index contributed by atoms with van der Waals surface area (Å²) in [6, 6.07) is 6.32. The van der Waals surface area contributed by atoms with Crippen molar-refractivity contribution in [2.45, 2.75) is 44.6 Å². The van der Waals surface area contributed by atoms with Crippen LogP contribution in [0.15, 0.2) is 31.4 Å². The fourth-order valence-electron chi connectivity index (χ4n) is 4.11. The summed E-state index contributed by atoms with van der Waals surface area (Å²) in [7, 11) is 0. The maximum absolute atomic E-state index is 13.0. The number of hydrogen-bond donors (Lipinski definition) is 0. The van der Waals surface area contributed by atoms with Crippen LogP contribution in [0.1, 0.15) is 60.0 Å². The van der Waals surface area contributed by atoms with E-state index >= 15 is 0 Å². The number of hydrogen-bond acceptors (Lipinski definition) is 1. The van der Waals surface area contributed by atoms with E-state index in [4.69, 9.17) is 0 Å². The second kappa shape index (κ2) is 6.51. The first-order valence-corrected chi connectivity index (χ1v) is 8.44. The van der Waals surface area contributed by atoms with Crippen molar-refractivity contribution in [1.82, 2.24) is 4.90 Å². The molecule has 1 saturated carbocycles. The molecule has 1 aliphatic carbocycles. The number of likely N-dealkylation sites (tertiary alicyclic amines) is 1. The zero-order valence-electron chi connectivity index (χ0n) is 13.3. The summed E-state index contributed by atoms with van der Waals surface area (Å²) >= 11 is 0. The Labute approximate surface area is 133 Å². The highest BCUT2D eigenvalue weighted by Crippen LogP contribution is 2.36. The van der Waals surface area contributed by atoms with Gasteiger partial charge >= 0.3 is 0 Å². The molecule has 0 aromatic heterocycles. The van der Waals surface area contributed by atoms with Gasteiger partial charge in [0.05, 0.1) is 0 Å². The molecule has 3 rings (SSSR count). The summed E-state index contributed by atoms with van der Waals surface area (Å²) in [6.07, 6.45) is 11.1. The van der Waals surface area contributed by atoms with E-state index in [9.17, 15) is 4.79 Å². The molecule has 0 N–H and O–H groups in total. The molecule has 2 fully saturated rings. The predicted octanol–water partition coefficient (Wildman–Crippen LogP) is 4.77. The van der Waals surface area contributed by atoms with E-state index in [0.717, 1.165) is 35.6 Å². The number of piperidine rings is 1. The fraction of sp³-hybridized carbons (Fsp3) is 0.450. The highest BCUT2D eigenvalue weighted by atomic mass is 16.2. The molecule has 0 spiro atoms. The van der Waals surface area contributed by atoms with Gasteiger partial charge in [-0.1, -0.05) is 44.2 Å². The van der Waals surface area contributed by atoms with Crippen LogP contribution >= 0.6 is 0 Å². The monoisotopic (exact) mass is 295 g/mol. The SMILES string of the molecule is C=Cc1ccc(C(=O)N2CCC[C@H]3CCCCC32)cc1C=C. The number of carbonyl (C=O) groups excluding carboxylic acids is 1. The third-order valence-electron chi connectivity index (χ3n) is 5.28. The molecule has 1 amide bonds. The van der Waals surface area contributed by atoms with Gasteiger partial charge in [0.15, 0.2) is 0 Å². The molecule has 116 valence electrons. The van der Waals surface area contributed by atoms with Crippen molar-refractivity contribution >= 4 is 18.1 Å². The van der Waals surface area contributed by atoms with Gasteiger partial charge in [-0.3, -0.25) is 4.79 Å². The largest absolute Gasteiger partial charge is 0.335 e. The molecule has 1 aliphatic heterocycles. The molecule has 1 aromatic rings. The molecule has 1 unspecified atom stereocenters. The van der Waals surface area contributed by atoms with Crippen molar-refractivity contribution < 1.29 is 4.79 Å². The number of fused-ring (bicyclic) bond motifs is 1. The zero-order chi connectivity index (χ0) is 15.5. The number of carbonyl (C=O) groups is 1. The molecule has 22 heavy (non-hydrogen) atoms. The average Bonchev–Trinajstić information content (AvgIpc) is 2.60. The molecule has 2 atom stereocenters. The third-order valence-corrected chi connectivity index (χ3v) is 5.28. The normalized spacial score (nSPS) is 24.5. The Morgan fingerprint density at radius 1 is 1.05 bits per heavy atom. The van der Waals surface area contributed by atoms with Crippen LogP contribution in [-0.4, -0.2) is 23.4 Å². The molecular formula is C20H25NO. The summed E-state index contributed by atoms with van der Waals surface area (Å²) in [5.41, 5.74) is 2.80. The second-order valence-corrected chi connectivity index (χ2v) is 6.50. The van der Waals surface area contributed by atoms with Crippen molar-refractivity contribution in [1.29, 1.82) is 0 Å². The lowest BCUT2D eigenvalue weighted by Gasteiger charge is -2.44.